The minimum Gasteiger partial charge on any atom is -0.439 e. The fourth-order valence-electron chi connectivity index (χ4n) is 3.52. The Morgan fingerprint density at radius 2 is 1.62 bits per heavy atom. The van der Waals surface area contributed by atoms with Crippen LogP contribution in [0.2, 0.25) is 0 Å². The van der Waals surface area contributed by atoms with E-state index in [9.17, 15) is 22.8 Å². The number of sulfone groups is 1. The summed E-state index contributed by atoms with van der Waals surface area (Å²) in [6.07, 6.45) is 0. The molecule has 0 fully saturated rings. The Labute approximate surface area is 180 Å². The van der Waals surface area contributed by atoms with Crippen molar-refractivity contribution in [3.05, 3.63) is 93.8 Å². The largest absolute Gasteiger partial charge is 0.439 e. The first-order valence-electron chi connectivity index (χ1n) is 9.40. The molecule has 1 aromatic heterocycles. The van der Waals surface area contributed by atoms with Gasteiger partial charge in [-0.25, -0.2) is 13.2 Å². The number of rotatable bonds is 3. The van der Waals surface area contributed by atoms with Gasteiger partial charge in [-0.2, -0.15) is 4.68 Å². The zero-order valence-corrected chi connectivity index (χ0v) is 17.1. The lowest BCUT2D eigenvalue weighted by molar-refractivity contribution is 0.0335. The molecule has 0 unspecified atom stereocenters. The van der Waals surface area contributed by atoms with Gasteiger partial charge >= 0.3 is 5.97 Å². The van der Waals surface area contributed by atoms with Gasteiger partial charge in [0.15, 0.2) is 12.5 Å². The Hall–Kier alpha value is -4.18. The highest BCUT2D eigenvalue weighted by atomic mass is 32.2. The highest BCUT2D eigenvalue weighted by Crippen LogP contribution is 2.34. The van der Waals surface area contributed by atoms with Crippen molar-refractivity contribution in [1.82, 2.24) is 15.0 Å². The maximum Gasteiger partial charge on any atom is 0.339 e. The quantitative estimate of drug-likeness (QED) is 0.385. The van der Waals surface area contributed by atoms with Crippen LogP contribution in [-0.4, -0.2) is 35.2 Å². The third-order valence-corrected chi connectivity index (χ3v) is 6.97. The Bertz CT molecular complexity index is 1610. The predicted molar refractivity (Wildman–Crippen MR) is 111 cm³/mol. The van der Waals surface area contributed by atoms with E-state index in [1.54, 1.807) is 30.3 Å². The third kappa shape index (κ3) is 3.00. The molecule has 1 aliphatic rings. The maximum atomic E-state index is 13.0. The molecule has 0 bridgehead atoms. The molecule has 9 nitrogen and oxygen atoms in total. The summed E-state index contributed by atoms with van der Waals surface area (Å²) in [5, 5.41) is 7.96. The molecular weight excluding hydrogens is 434 g/mol. The van der Waals surface area contributed by atoms with Crippen LogP contribution in [0.3, 0.4) is 0 Å². The van der Waals surface area contributed by atoms with Crippen LogP contribution in [0.5, 0.6) is 0 Å². The number of fused-ring (bicyclic) bond motifs is 3. The molecule has 0 amide bonds. The molecule has 0 spiro atoms. The molecule has 158 valence electrons. The Morgan fingerprint density at radius 3 is 2.47 bits per heavy atom. The molecule has 1 aliphatic heterocycles. The number of ether oxygens (including phenoxy) is 1. The molecule has 32 heavy (non-hydrogen) atoms. The average molecular weight is 447 g/mol. The Balaban J connectivity index is 1.45. The van der Waals surface area contributed by atoms with Gasteiger partial charge in [0, 0.05) is 11.1 Å². The number of esters is 1. The van der Waals surface area contributed by atoms with E-state index in [0.717, 1.165) is 10.7 Å². The lowest BCUT2D eigenvalue weighted by Crippen LogP contribution is -2.26. The van der Waals surface area contributed by atoms with Gasteiger partial charge in [-0.15, -0.1) is 5.10 Å². The first-order valence-corrected chi connectivity index (χ1v) is 10.9. The number of hydrogen-bond acceptors (Lipinski definition) is 8. The second-order valence-electron chi connectivity index (χ2n) is 7.01. The van der Waals surface area contributed by atoms with Gasteiger partial charge in [0.25, 0.3) is 5.56 Å². The molecular formula is C22H13N3O6S. The van der Waals surface area contributed by atoms with E-state index in [1.165, 1.54) is 30.3 Å². The molecule has 2 heterocycles. The topological polar surface area (TPSA) is 125 Å². The van der Waals surface area contributed by atoms with Crippen molar-refractivity contribution in [2.45, 2.75) is 16.5 Å². The number of nitrogens with zero attached hydrogens (tertiary/aromatic N) is 3. The zero-order valence-electron chi connectivity index (χ0n) is 16.3. The van der Waals surface area contributed by atoms with E-state index in [2.05, 4.69) is 10.3 Å². The number of ketones is 1. The summed E-state index contributed by atoms with van der Waals surface area (Å²) in [6.45, 7) is -0.513. The molecule has 5 rings (SSSR count). The van der Waals surface area contributed by atoms with Gasteiger partial charge in [-0.05, 0) is 42.5 Å². The molecule has 0 atom stereocenters. The van der Waals surface area contributed by atoms with E-state index in [0.29, 0.717) is 10.9 Å². The summed E-state index contributed by atoms with van der Waals surface area (Å²) in [4.78, 5) is 37.3. The van der Waals surface area contributed by atoms with Gasteiger partial charge < -0.3 is 4.74 Å². The van der Waals surface area contributed by atoms with Crippen molar-refractivity contribution in [3.8, 4) is 0 Å². The Kier molecular flexibility index (Phi) is 4.45. The van der Waals surface area contributed by atoms with Crippen LogP contribution in [0.1, 0.15) is 26.3 Å². The fourth-order valence-corrected chi connectivity index (χ4v) is 5.20. The predicted octanol–water partition coefficient (Wildman–Crippen LogP) is 1.98. The van der Waals surface area contributed by atoms with Crippen molar-refractivity contribution in [1.29, 1.82) is 0 Å². The van der Waals surface area contributed by atoms with Gasteiger partial charge in [-0.1, -0.05) is 29.5 Å². The number of aromatic nitrogens is 3. The van der Waals surface area contributed by atoms with Gasteiger partial charge in [0.05, 0.1) is 20.7 Å². The second-order valence-corrected chi connectivity index (χ2v) is 8.90. The summed E-state index contributed by atoms with van der Waals surface area (Å²) in [5.74, 6) is -1.32. The van der Waals surface area contributed by atoms with Crippen LogP contribution in [0.4, 0.5) is 0 Å². The summed E-state index contributed by atoms with van der Waals surface area (Å²) >= 11 is 0. The van der Waals surface area contributed by atoms with Gasteiger partial charge in [-0.3, -0.25) is 9.59 Å². The fraction of sp³-hybridized carbons (Fsp3) is 0.0455. The van der Waals surface area contributed by atoms with E-state index in [4.69, 9.17) is 4.74 Å². The highest BCUT2D eigenvalue weighted by Gasteiger charge is 2.35. The first-order chi connectivity index (χ1) is 15.4. The number of hydrogen-bond donors (Lipinski definition) is 0. The minimum atomic E-state index is -3.99. The summed E-state index contributed by atoms with van der Waals surface area (Å²) in [7, 11) is -3.99. The molecule has 4 aromatic rings. The maximum absolute atomic E-state index is 13.0. The minimum absolute atomic E-state index is 0.0168. The lowest BCUT2D eigenvalue weighted by atomic mass is 10.0. The lowest BCUT2D eigenvalue weighted by Gasteiger charge is -2.19. The van der Waals surface area contributed by atoms with Crippen LogP contribution in [0.15, 0.2) is 81.3 Å². The number of carbonyl (C=O) groups is 2. The highest BCUT2D eigenvalue weighted by molar-refractivity contribution is 7.91. The van der Waals surface area contributed by atoms with E-state index < -0.39 is 33.9 Å². The van der Waals surface area contributed by atoms with E-state index in [-0.39, 0.29) is 26.5 Å². The van der Waals surface area contributed by atoms with Crippen LogP contribution < -0.4 is 5.56 Å². The molecule has 0 N–H and O–H groups in total. The molecule has 0 saturated heterocycles. The van der Waals surface area contributed by atoms with Gasteiger partial charge in [0.2, 0.25) is 9.84 Å². The molecule has 0 radical (unpaired) electrons. The van der Waals surface area contributed by atoms with Crippen molar-refractivity contribution >= 4 is 32.5 Å². The summed E-state index contributed by atoms with van der Waals surface area (Å²) in [6, 6.07) is 16.2. The smallest absolute Gasteiger partial charge is 0.339 e. The standard InChI is InChI=1S/C22H13N3O6S/c26-20-15-6-2-4-8-18(15)32(29,30)19-11-13(9-10-16(19)20)22(28)31-12-25-21(27)14-5-1-3-7-17(14)23-24-25/h1-11H,12H2. The third-order valence-electron chi connectivity index (χ3n) is 5.12. The van der Waals surface area contributed by atoms with Crippen molar-refractivity contribution in [2.75, 3.05) is 0 Å². The molecule has 3 aromatic carbocycles. The van der Waals surface area contributed by atoms with Crippen molar-refractivity contribution < 1.29 is 22.7 Å². The number of carbonyl (C=O) groups excluding carboxylic acids is 2. The van der Waals surface area contributed by atoms with Crippen molar-refractivity contribution in [2.24, 2.45) is 0 Å². The van der Waals surface area contributed by atoms with Crippen LogP contribution in [0.25, 0.3) is 10.9 Å². The molecule has 0 saturated carbocycles. The zero-order chi connectivity index (χ0) is 22.5. The average Bonchev–Trinajstić information content (AvgIpc) is 2.82. The molecule has 0 aliphatic carbocycles. The van der Waals surface area contributed by atoms with Crippen molar-refractivity contribution in [3.63, 3.8) is 0 Å². The summed E-state index contributed by atoms with van der Waals surface area (Å²) < 4.78 is 32.0. The van der Waals surface area contributed by atoms with E-state index >= 15 is 0 Å². The second kappa shape index (κ2) is 7.20. The monoisotopic (exact) mass is 447 g/mol. The van der Waals surface area contributed by atoms with Gasteiger partial charge in [0.1, 0.15) is 5.52 Å². The van der Waals surface area contributed by atoms with Crippen LogP contribution >= 0.6 is 0 Å². The Morgan fingerprint density at radius 1 is 0.906 bits per heavy atom. The first kappa shape index (κ1) is 19.8. The number of benzene rings is 3. The summed E-state index contributed by atoms with van der Waals surface area (Å²) in [5.41, 5.74) is -0.0914. The van der Waals surface area contributed by atoms with Crippen LogP contribution in [0, 0.1) is 0 Å². The van der Waals surface area contributed by atoms with Crippen LogP contribution in [-0.2, 0) is 21.3 Å². The normalized spacial score (nSPS) is 13.9. The van der Waals surface area contributed by atoms with E-state index in [1.807, 2.05) is 0 Å². The SMILES string of the molecule is O=C(OCn1nnc2ccccc2c1=O)c1ccc2c(c1)S(=O)(=O)c1ccccc1C2=O. The molecule has 10 heteroatoms.